The number of aliphatic hydroxyl groups excluding tert-OH is 1. The number of carbonyl (C=O) groups is 2. The molecule has 0 aliphatic carbocycles. The molecule has 0 spiro atoms. The number of aliphatic hydroxyl groups is 1. The molecule has 1 saturated heterocycles. The normalized spacial score (nSPS) is 17.0. The van der Waals surface area contributed by atoms with E-state index >= 15 is 0 Å². The van der Waals surface area contributed by atoms with Crippen molar-refractivity contribution < 1.29 is 19.4 Å². The van der Waals surface area contributed by atoms with E-state index in [1.165, 1.54) is 0 Å². The van der Waals surface area contributed by atoms with Crippen LogP contribution in [0.25, 0.3) is 11.3 Å². The number of rotatable bonds is 8. The second-order valence-corrected chi connectivity index (χ2v) is 10.4. The van der Waals surface area contributed by atoms with E-state index in [1.807, 2.05) is 43.3 Å². The third-order valence-corrected chi connectivity index (χ3v) is 7.63. The van der Waals surface area contributed by atoms with Gasteiger partial charge in [-0.2, -0.15) is 0 Å². The Bertz CT molecular complexity index is 1380. The van der Waals surface area contributed by atoms with Crippen molar-refractivity contribution in [1.29, 1.82) is 0 Å². The lowest BCUT2D eigenvalue weighted by atomic mass is 10.0. The molecule has 3 aromatic rings. The minimum Gasteiger partial charge on any atom is -0.392 e. The topological polar surface area (TPSA) is 117 Å². The van der Waals surface area contributed by atoms with Gasteiger partial charge in [-0.3, -0.25) is 9.59 Å². The first-order valence-corrected chi connectivity index (χ1v) is 13.5. The number of amides is 2. The van der Waals surface area contributed by atoms with Crippen molar-refractivity contribution in [1.82, 2.24) is 20.2 Å². The lowest BCUT2D eigenvalue weighted by Gasteiger charge is -2.25. The molecule has 2 aliphatic rings. The van der Waals surface area contributed by atoms with Gasteiger partial charge in [0.15, 0.2) is 0 Å². The van der Waals surface area contributed by atoms with Crippen LogP contribution in [0.15, 0.2) is 48.7 Å². The van der Waals surface area contributed by atoms with Gasteiger partial charge in [-0.1, -0.05) is 48.0 Å². The Kier molecular flexibility index (Phi) is 8.11. The van der Waals surface area contributed by atoms with E-state index in [1.54, 1.807) is 24.1 Å². The molecule has 10 heteroatoms. The Morgan fingerprint density at radius 2 is 2.00 bits per heavy atom. The first-order valence-electron chi connectivity index (χ1n) is 13.1. The van der Waals surface area contributed by atoms with Crippen molar-refractivity contribution in [2.45, 2.75) is 58.0 Å². The van der Waals surface area contributed by atoms with Gasteiger partial charge in [0.1, 0.15) is 6.04 Å². The second kappa shape index (κ2) is 11.7. The van der Waals surface area contributed by atoms with Gasteiger partial charge in [-0.25, -0.2) is 9.97 Å². The van der Waals surface area contributed by atoms with E-state index in [-0.39, 0.29) is 30.5 Å². The van der Waals surface area contributed by atoms with Gasteiger partial charge in [0.05, 0.1) is 29.6 Å². The summed E-state index contributed by atoms with van der Waals surface area (Å²) in [7, 11) is 0. The number of fused-ring (bicyclic) bond motifs is 1. The molecule has 0 radical (unpaired) electrons. The second-order valence-electron chi connectivity index (χ2n) is 10.0. The van der Waals surface area contributed by atoms with Gasteiger partial charge in [-0.15, -0.1) is 0 Å². The lowest BCUT2D eigenvalue weighted by molar-refractivity contribution is -0.125. The fraction of sp³-hybridized carbons (Fsp3) is 0.379. The molecular formula is C29H32ClN5O4. The van der Waals surface area contributed by atoms with Gasteiger partial charge >= 0.3 is 0 Å². The summed E-state index contributed by atoms with van der Waals surface area (Å²) in [6.45, 7) is 5.28. The number of aromatic nitrogens is 2. The SMILES string of the molecule is C[C@H](C(=O)N[C@H](C)c1cccc(CO)c1)N1Cc2ccc(-c3nc(NC4CCOCC4)ncc3Cl)cc2C1=O. The molecule has 2 aromatic carbocycles. The molecule has 2 atom stereocenters. The zero-order valence-corrected chi connectivity index (χ0v) is 22.7. The molecule has 1 fully saturated rings. The van der Waals surface area contributed by atoms with E-state index < -0.39 is 6.04 Å². The molecule has 3 heterocycles. The fourth-order valence-corrected chi connectivity index (χ4v) is 5.17. The smallest absolute Gasteiger partial charge is 0.255 e. The van der Waals surface area contributed by atoms with Crippen LogP contribution in [0.1, 0.15) is 59.8 Å². The Morgan fingerprint density at radius 3 is 2.77 bits per heavy atom. The van der Waals surface area contributed by atoms with Crippen molar-refractivity contribution in [3.8, 4) is 11.3 Å². The maximum absolute atomic E-state index is 13.4. The minimum absolute atomic E-state index is 0.0680. The lowest BCUT2D eigenvalue weighted by Crippen LogP contribution is -2.45. The summed E-state index contributed by atoms with van der Waals surface area (Å²) in [5.41, 5.74) is 4.29. The van der Waals surface area contributed by atoms with Crippen LogP contribution < -0.4 is 10.6 Å². The summed E-state index contributed by atoms with van der Waals surface area (Å²) in [5, 5.41) is 16.1. The van der Waals surface area contributed by atoms with E-state index in [2.05, 4.69) is 20.6 Å². The molecule has 5 rings (SSSR count). The summed E-state index contributed by atoms with van der Waals surface area (Å²) in [4.78, 5) is 37.0. The third-order valence-electron chi connectivity index (χ3n) is 7.35. The third kappa shape index (κ3) is 5.90. The van der Waals surface area contributed by atoms with Crippen LogP contribution in [0, 0.1) is 0 Å². The number of carbonyl (C=O) groups excluding carboxylic acids is 2. The zero-order chi connectivity index (χ0) is 27.5. The average Bonchev–Trinajstić information content (AvgIpc) is 3.29. The van der Waals surface area contributed by atoms with Gasteiger partial charge in [0.2, 0.25) is 11.9 Å². The average molecular weight is 550 g/mol. The van der Waals surface area contributed by atoms with E-state index in [0.29, 0.717) is 47.6 Å². The highest BCUT2D eigenvalue weighted by Crippen LogP contribution is 2.32. The highest BCUT2D eigenvalue weighted by Gasteiger charge is 2.34. The Balaban J connectivity index is 1.29. The first kappa shape index (κ1) is 27.1. The number of hydrogen-bond donors (Lipinski definition) is 3. The monoisotopic (exact) mass is 549 g/mol. The van der Waals surface area contributed by atoms with Gasteiger partial charge < -0.3 is 25.4 Å². The highest BCUT2D eigenvalue weighted by atomic mass is 35.5. The minimum atomic E-state index is -0.672. The number of nitrogens with one attached hydrogen (secondary N) is 2. The Labute approximate surface area is 232 Å². The van der Waals surface area contributed by atoms with Gasteiger partial charge in [0, 0.05) is 36.9 Å². The number of anilines is 1. The Morgan fingerprint density at radius 1 is 1.21 bits per heavy atom. The molecule has 3 N–H and O–H groups in total. The summed E-state index contributed by atoms with van der Waals surface area (Å²) >= 11 is 6.46. The molecule has 9 nitrogen and oxygen atoms in total. The molecule has 0 bridgehead atoms. The van der Waals surface area contributed by atoms with Crippen LogP contribution in [0.2, 0.25) is 5.02 Å². The Hall–Kier alpha value is -3.53. The predicted molar refractivity (Wildman–Crippen MR) is 148 cm³/mol. The molecule has 2 amide bonds. The van der Waals surface area contributed by atoms with Crippen molar-refractivity contribution >= 4 is 29.4 Å². The van der Waals surface area contributed by atoms with Crippen molar-refractivity contribution in [2.75, 3.05) is 18.5 Å². The van der Waals surface area contributed by atoms with Crippen molar-refractivity contribution in [3.63, 3.8) is 0 Å². The maximum atomic E-state index is 13.4. The molecule has 0 unspecified atom stereocenters. The largest absolute Gasteiger partial charge is 0.392 e. The van der Waals surface area contributed by atoms with E-state index in [9.17, 15) is 14.7 Å². The van der Waals surface area contributed by atoms with E-state index in [0.717, 1.165) is 29.5 Å². The van der Waals surface area contributed by atoms with Crippen molar-refractivity contribution in [2.24, 2.45) is 0 Å². The number of nitrogens with zero attached hydrogens (tertiary/aromatic N) is 3. The van der Waals surface area contributed by atoms with Crippen LogP contribution in [-0.4, -0.2) is 57.1 Å². The molecule has 0 saturated carbocycles. The number of ether oxygens (including phenoxy) is 1. The number of halogens is 1. The van der Waals surface area contributed by atoms with Crippen molar-refractivity contribution in [3.05, 3.63) is 75.9 Å². The number of hydrogen-bond acceptors (Lipinski definition) is 7. The highest BCUT2D eigenvalue weighted by molar-refractivity contribution is 6.33. The van der Waals surface area contributed by atoms with Crippen LogP contribution in [0.3, 0.4) is 0 Å². The summed E-state index contributed by atoms with van der Waals surface area (Å²) in [6.07, 6.45) is 3.32. The predicted octanol–water partition coefficient (Wildman–Crippen LogP) is 4.10. The molecule has 39 heavy (non-hydrogen) atoms. The van der Waals surface area contributed by atoms with Gasteiger partial charge in [-0.05, 0) is 49.4 Å². The van der Waals surface area contributed by atoms with E-state index in [4.69, 9.17) is 16.3 Å². The maximum Gasteiger partial charge on any atom is 0.255 e. The van der Waals surface area contributed by atoms with Crippen LogP contribution >= 0.6 is 11.6 Å². The van der Waals surface area contributed by atoms with Crippen LogP contribution in [0.4, 0.5) is 5.95 Å². The standard InChI is InChI=1S/C29H32ClN5O4/c1-17(20-5-3-4-19(12-20)16-36)32-27(37)18(2)35-15-22-7-6-21(13-24(22)28(35)38)26-25(30)14-31-29(34-26)33-23-8-10-39-11-9-23/h3-7,12-14,17-18,23,36H,8-11,15-16H2,1-2H3,(H,32,37)(H,31,33,34)/t17-,18-/m1/s1. The molecule has 1 aromatic heterocycles. The molecule has 204 valence electrons. The number of benzene rings is 2. The summed E-state index contributed by atoms with van der Waals surface area (Å²) in [5.74, 6) is 0.0230. The quantitative estimate of drug-likeness (QED) is 0.387. The molecule has 2 aliphatic heterocycles. The fourth-order valence-electron chi connectivity index (χ4n) is 4.97. The summed E-state index contributed by atoms with van der Waals surface area (Å²) < 4.78 is 5.42. The van der Waals surface area contributed by atoms with Gasteiger partial charge in [0.25, 0.3) is 5.91 Å². The summed E-state index contributed by atoms with van der Waals surface area (Å²) in [6, 6.07) is 12.3. The molecular weight excluding hydrogens is 518 g/mol. The first-order chi connectivity index (χ1) is 18.8. The van der Waals surface area contributed by atoms with Crippen LogP contribution in [0.5, 0.6) is 0 Å². The van der Waals surface area contributed by atoms with Crippen LogP contribution in [-0.2, 0) is 22.7 Å². The zero-order valence-electron chi connectivity index (χ0n) is 22.0.